The molecular formula is C28H24N2. The minimum atomic E-state index is 1.08. The lowest BCUT2D eigenvalue weighted by Gasteiger charge is -2.22. The Labute approximate surface area is 177 Å². The predicted molar refractivity (Wildman–Crippen MR) is 131 cm³/mol. The molecule has 5 aromatic carbocycles. The molecule has 0 aliphatic heterocycles. The van der Waals surface area contributed by atoms with Crippen LogP contribution in [0.25, 0.3) is 32.7 Å². The Morgan fingerprint density at radius 2 is 1.30 bits per heavy atom. The average Bonchev–Trinajstić information content (AvgIpc) is 2.79. The molecule has 1 N–H and O–H groups in total. The second kappa shape index (κ2) is 7.57. The molecule has 0 saturated carbocycles. The highest BCUT2D eigenvalue weighted by Crippen LogP contribution is 2.38. The van der Waals surface area contributed by atoms with Crippen molar-refractivity contribution in [1.82, 2.24) is 0 Å². The van der Waals surface area contributed by atoms with Crippen LogP contribution >= 0.6 is 0 Å². The molecule has 146 valence electrons. The van der Waals surface area contributed by atoms with Crippen molar-refractivity contribution in [1.29, 1.82) is 0 Å². The van der Waals surface area contributed by atoms with Crippen molar-refractivity contribution >= 4 is 38.6 Å². The maximum absolute atomic E-state index is 3.66. The van der Waals surface area contributed by atoms with E-state index >= 15 is 0 Å². The van der Waals surface area contributed by atoms with E-state index in [1.165, 1.54) is 38.4 Å². The zero-order chi connectivity index (χ0) is 20.5. The van der Waals surface area contributed by atoms with E-state index in [0.717, 1.165) is 11.4 Å². The number of fused-ring (bicyclic) bond motifs is 3. The zero-order valence-corrected chi connectivity index (χ0v) is 17.3. The SMILES string of the molecule is CN(C)c1c(Nc2cccc(-c3ccccc3)c2)ccc2c1ccc1ccccc12. The Balaban J connectivity index is 1.61. The number of nitrogens with one attached hydrogen (secondary N) is 1. The second-order valence-electron chi connectivity index (χ2n) is 7.81. The Kier molecular flexibility index (Phi) is 4.61. The van der Waals surface area contributed by atoms with E-state index in [1.54, 1.807) is 0 Å². The van der Waals surface area contributed by atoms with Gasteiger partial charge in [-0.25, -0.2) is 0 Å². The van der Waals surface area contributed by atoms with E-state index in [4.69, 9.17) is 0 Å². The van der Waals surface area contributed by atoms with Crippen LogP contribution in [-0.2, 0) is 0 Å². The summed E-state index contributed by atoms with van der Waals surface area (Å²) in [4.78, 5) is 2.19. The first-order valence-electron chi connectivity index (χ1n) is 10.2. The van der Waals surface area contributed by atoms with Crippen LogP contribution in [0.5, 0.6) is 0 Å². The highest BCUT2D eigenvalue weighted by molar-refractivity contribution is 6.14. The molecule has 30 heavy (non-hydrogen) atoms. The topological polar surface area (TPSA) is 15.3 Å². The van der Waals surface area contributed by atoms with Gasteiger partial charge in [0.25, 0.3) is 0 Å². The summed E-state index contributed by atoms with van der Waals surface area (Å²) < 4.78 is 0. The average molecular weight is 389 g/mol. The first-order chi connectivity index (χ1) is 14.7. The molecule has 0 atom stereocenters. The van der Waals surface area contributed by atoms with Gasteiger partial charge in [-0.2, -0.15) is 0 Å². The fraction of sp³-hybridized carbons (Fsp3) is 0.0714. The largest absolute Gasteiger partial charge is 0.375 e. The van der Waals surface area contributed by atoms with Crippen LogP contribution < -0.4 is 10.2 Å². The molecule has 0 amide bonds. The standard InChI is InChI=1S/C28H24N2/c1-30(2)28-26-16-15-21-11-6-7-14-24(21)25(26)17-18-27(28)29-23-13-8-12-22(19-23)20-9-4-3-5-10-20/h3-19,29H,1-2H3. The van der Waals surface area contributed by atoms with Crippen LogP contribution in [0.2, 0.25) is 0 Å². The number of rotatable bonds is 4. The summed E-state index contributed by atoms with van der Waals surface area (Å²) in [5.41, 5.74) is 5.81. The Bertz CT molecular complexity index is 1340. The summed E-state index contributed by atoms with van der Waals surface area (Å²) >= 11 is 0. The summed E-state index contributed by atoms with van der Waals surface area (Å²) in [6.45, 7) is 0. The molecule has 2 nitrogen and oxygen atoms in total. The van der Waals surface area contributed by atoms with Gasteiger partial charge in [0.2, 0.25) is 0 Å². The highest BCUT2D eigenvalue weighted by Gasteiger charge is 2.12. The molecule has 5 rings (SSSR count). The highest BCUT2D eigenvalue weighted by atomic mass is 15.1. The number of benzene rings is 5. The maximum Gasteiger partial charge on any atom is 0.0680 e. The van der Waals surface area contributed by atoms with Crippen molar-refractivity contribution in [3.05, 3.63) is 103 Å². The van der Waals surface area contributed by atoms with Gasteiger partial charge in [0.05, 0.1) is 11.4 Å². The molecule has 0 aromatic heterocycles. The summed E-state index contributed by atoms with van der Waals surface area (Å²) in [5, 5.41) is 8.75. The van der Waals surface area contributed by atoms with Gasteiger partial charge in [-0.15, -0.1) is 0 Å². The number of nitrogens with zero attached hydrogens (tertiary/aromatic N) is 1. The smallest absolute Gasteiger partial charge is 0.0680 e. The maximum atomic E-state index is 3.66. The van der Waals surface area contributed by atoms with Crippen molar-refractivity contribution in [2.45, 2.75) is 0 Å². The summed E-state index contributed by atoms with van der Waals surface area (Å²) in [6.07, 6.45) is 0. The Morgan fingerprint density at radius 3 is 2.13 bits per heavy atom. The van der Waals surface area contributed by atoms with Crippen LogP contribution in [0.1, 0.15) is 0 Å². The van der Waals surface area contributed by atoms with Gasteiger partial charge >= 0.3 is 0 Å². The molecule has 0 heterocycles. The first-order valence-corrected chi connectivity index (χ1v) is 10.2. The van der Waals surface area contributed by atoms with Crippen LogP contribution in [0, 0.1) is 0 Å². The lowest BCUT2D eigenvalue weighted by atomic mass is 9.99. The summed E-state index contributed by atoms with van der Waals surface area (Å²) in [6, 6.07) is 36.5. The molecule has 0 spiro atoms. The van der Waals surface area contributed by atoms with Gasteiger partial charge in [0.15, 0.2) is 0 Å². The van der Waals surface area contributed by atoms with E-state index in [1.807, 2.05) is 6.07 Å². The molecule has 0 bridgehead atoms. The van der Waals surface area contributed by atoms with Crippen LogP contribution in [0.3, 0.4) is 0 Å². The number of anilines is 3. The van der Waals surface area contributed by atoms with Gasteiger partial charge in [-0.05, 0) is 45.5 Å². The lowest BCUT2D eigenvalue weighted by molar-refractivity contribution is 1.14. The monoisotopic (exact) mass is 388 g/mol. The third-order valence-electron chi connectivity index (χ3n) is 5.59. The van der Waals surface area contributed by atoms with E-state index in [2.05, 4.69) is 121 Å². The number of hydrogen-bond donors (Lipinski definition) is 1. The quantitative estimate of drug-likeness (QED) is 0.321. The van der Waals surface area contributed by atoms with E-state index in [9.17, 15) is 0 Å². The van der Waals surface area contributed by atoms with Crippen molar-refractivity contribution in [2.24, 2.45) is 0 Å². The Morgan fingerprint density at radius 1 is 0.567 bits per heavy atom. The number of hydrogen-bond acceptors (Lipinski definition) is 2. The molecule has 5 aromatic rings. The molecule has 0 unspecified atom stereocenters. The fourth-order valence-electron chi connectivity index (χ4n) is 4.22. The lowest BCUT2D eigenvalue weighted by Crippen LogP contribution is -2.11. The van der Waals surface area contributed by atoms with Crippen LogP contribution in [0.15, 0.2) is 103 Å². The molecule has 0 saturated heterocycles. The molecule has 0 aliphatic rings. The van der Waals surface area contributed by atoms with Crippen molar-refractivity contribution in [2.75, 3.05) is 24.3 Å². The van der Waals surface area contributed by atoms with Crippen molar-refractivity contribution < 1.29 is 0 Å². The molecule has 0 radical (unpaired) electrons. The van der Waals surface area contributed by atoms with E-state index in [0.29, 0.717) is 0 Å². The summed E-state index contributed by atoms with van der Waals surface area (Å²) in [7, 11) is 4.21. The predicted octanol–water partition coefficient (Wildman–Crippen LogP) is 7.47. The van der Waals surface area contributed by atoms with Gasteiger partial charge in [-0.3, -0.25) is 0 Å². The minimum absolute atomic E-state index is 1.08. The van der Waals surface area contributed by atoms with Gasteiger partial charge in [-0.1, -0.05) is 84.9 Å². The van der Waals surface area contributed by atoms with Gasteiger partial charge in [0.1, 0.15) is 0 Å². The van der Waals surface area contributed by atoms with Crippen LogP contribution in [-0.4, -0.2) is 14.1 Å². The zero-order valence-electron chi connectivity index (χ0n) is 17.3. The molecular weight excluding hydrogens is 364 g/mol. The summed E-state index contributed by atoms with van der Waals surface area (Å²) in [5.74, 6) is 0. The molecule has 0 aliphatic carbocycles. The van der Waals surface area contributed by atoms with E-state index in [-0.39, 0.29) is 0 Å². The van der Waals surface area contributed by atoms with Crippen molar-refractivity contribution in [3.8, 4) is 11.1 Å². The third kappa shape index (κ3) is 3.27. The normalized spacial score (nSPS) is 11.0. The molecule has 2 heteroatoms. The van der Waals surface area contributed by atoms with Gasteiger partial charge in [0, 0.05) is 25.2 Å². The Hall–Kier alpha value is -3.78. The first kappa shape index (κ1) is 18.3. The fourth-order valence-corrected chi connectivity index (χ4v) is 4.22. The molecule has 0 fully saturated rings. The van der Waals surface area contributed by atoms with Crippen LogP contribution in [0.4, 0.5) is 17.1 Å². The second-order valence-corrected chi connectivity index (χ2v) is 7.81. The third-order valence-corrected chi connectivity index (χ3v) is 5.59. The van der Waals surface area contributed by atoms with E-state index < -0.39 is 0 Å². The minimum Gasteiger partial charge on any atom is -0.375 e. The van der Waals surface area contributed by atoms with Crippen molar-refractivity contribution in [3.63, 3.8) is 0 Å². The van der Waals surface area contributed by atoms with Gasteiger partial charge < -0.3 is 10.2 Å².